The summed E-state index contributed by atoms with van der Waals surface area (Å²) < 4.78 is 0. The third-order valence-electron chi connectivity index (χ3n) is 3.35. The van der Waals surface area contributed by atoms with Crippen molar-refractivity contribution in [2.45, 2.75) is 44.2 Å². The fourth-order valence-corrected chi connectivity index (χ4v) is 2.35. The van der Waals surface area contributed by atoms with Crippen molar-refractivity contribution < 1.29 is 0 Å². The van der Waals surface area contributed by atoms with Crippen molar-refractivity contribution in [1.82, 2.24) is 10.2 Å². The van der Waals surface area contributed by atoms with Crippen LogP contribution in [0.3, 0.4) is 0 Å². The number of nitrogens with one attached hydrogen (secondary N) is 1. The molecule has 1 N–H and O–H groups in total. The minimum absolute atomic E-state index is 0.793. The summed E-state index contributed by atoms with van der Waals surface area (Å²) in [5, 5.41) is 3.56. The molecule has 14 heavy (non-hydrogen) atoms. The second kappa shape index (κ2) is 4.94. The van der Waals surface area contributed by atoms with E-state index in [0.717, 1.165) is 18.6 Å². The topological polar surface area (TPSA) is 15.3 Å². The molecule has 0 bridgehead atoms. The van der Waals surface area contributed by atoms with Crippen LogP contribution in [0.25, 0.3) is 0 Å². The van der Waals surface area contributed by atoms with E-state index in [1.54, 1.807) is 0 Å². The van der Waals surface area contributed by atoms with Crippen molar-refractivity contribution in [2.24, 2.45) is 0 Å². The van der Waals surface area contributed by atoms with Gasteiger partial charge in [-0.25, -0.2) is 0 Å². The average Bonchev–Trinajstić information content (AvgIpc) is 2.90. The number of hydrogen-bond acceptors (Lipinski definition) is 2. The first-order chi connectivity index (χ1) is 6.90. The largest absolute Gasteiger partial charge is 0.314 e. The molecule has 0 aromatic rings. The van der Waals surface area contributed by atoms with Crippen LogP contribution < -0.4 is 5.32 Å². The number of hydrogen-bond donors (Lipinski definition) is 1. The van der Waals surface area contributed by atoms with E-state index in [1.165, 1.54) is 45.2 Å². The molecule has 2 heteroatoms. The monoisotopic (exact) mass is 194 g/mol. The summed E-state index contributed by atoms with van der Waals surface area (Å²) in [5.41, 5.74) is 0. The normalized spacial score (nSPS) is 27.1. The second-order valence-corrected chi connectivity index (χ2v) is 4.60. The lowest BCUT2D eigenvalue weighted by molar-refractivity contribution is 0.275. The van der Waals surface area contributed by atoms with Crippen LogP contribution in [0.1, 0.15) is 32.1 Å². The molecule has 2 rings (SSSR count). The summed E-state index contributed by atoms with van der Waals surface area (Å²) >= 11 is 0. The highest BCUT2D eigenvalue weighted by Crippen LogP contribution is 2.27. The summed E-state index contributed by atoms with van der Waals surface area (Å²) in [6.45, 7) is 7.40. The van der Waals surface area contributed by atoms with Crippen LogP contribution in [-0.2, 0) is 0 Å². The van der Waals surface area contributed by atoms with Crippen molar-refractivity contribution in [3.05, 3.63) is 12.7 Å². The van der Waals surface area contributed by atoms with Gasteiger partial charge in [0.15, 0.2) is 0 Å². The molecule has 2 aliphatic rings. The standard InChI is InChI=1S/C12H22N2/c1-2-9-14(12-5-6-12)10-7-11-4-3-8-13-11/h2,11-13H,1,3-10H2. The van der Waals surface area contributed by atoms with Crippen molar-refractivity contribution in [3.63, 3.8) is 0 Å². The third-order valence-corrected chi connectivity index (χ3v) is 3.35. The minimum atomic E-state index is 0.793. The van der Waals surface area contributed by atoms with E-state index in [0.29, 0.717) is 0 Å². The maximum absolute atomic E-state index is 3.83. The van der Waals surface area contributed by atoms with E-state index in [4.69, 9.17) is 0 Å². The first-order valence-corrected chi connectivity index (χ1v) is 5.98. The molecule has 0 aromatic carbocycles. The fraction of sp³-hybridized carbons (Fsp3) is 0.833. The Morgan fingerprint density at radius 2 is 2.21 bits per heavy atom. The van der Waals surface area contributed by atoms with Gasteiger partial charge in [-0.1, -0.05) is 6.08 Å². The summed E-state index contributed by atoms with van der Waals surface area (Å²) in [6.07, 6.45) is 8.94. The molecule has 0 aromatic heterocycles. The van der Waals surface area contributed by atoms with E-state index in [-0.39, 0.29) is 0 Å². The predicted octanol–water partition coefficient (Wildman–Crippen LogP) is 1.78. The van der Waals surface area contributed by atoms with Gasteiger partial charge in [-0.2, -0.15) is 0 Å². The van der Waals surface area contributed by atoms with Gasteiger partial charge in [0.1, 0.15) is 0 Å². The first kappa shape index (κ1) is 10.2. The average molecular weight is 194 g/mol. The van der Waals surface area contributed by atoms with Crippen molar-refractivity contribution in [3.8, 4) is 0 Å². The van der Waals surface area contributed by atoms with E-state index in [1.807, 2.05) is 6.08 Å². The minimum Gasteiger partial charge on any atom is -0.314 e. The molecule has 0 spiro atoms. The SMILES string of the molecule is C=CCN(CCC1CCCN1)C1CC1. The Morgan fingerprint density at radius 3 is 2.79 bits per heavy atom. The summed E-state index contributed by atoms with van der Waals surface area (Å²) in [7, 11) is 0. The highest BCUT2D eigenvalue weighted by Gasteiger charge is 2.28. The molecule has 1 unspecified atom stereocenters. The lowest BCUT2D eigenvalue weighted by Crippen LogP contribution is -2.32. The fourth-order valence-electron chi connectivity index (χ4n) is 2.35. The molecule has 1 heterocycles. The molecule has 0 amide bonds. The zero-order valence-electron chi connectivity index (χ0n) is 9.04. The Kier molecular flexibility index (Phi) is 3.60. The number of rotatable bonds is 6. The molecular formula is C12H22N2. The molecule has 0 radical (unpaired) electrons. The van der Waals surface area contributed by atoms with Gasteiger partial charge >= 0.3 is 0 Å². The Morgan fingerprint density at radius 1 is 1.36 bits per heavy atom. The maximum Gasteiger partial charge on any atom is 0.0163 e. The second-order valence-electron chi connectivity index (χ2n) is 4.60. The van der Waals surface area contributed by atoms with Crippen molar-refractivity contribution >= 4 is 0 Å². The molecule has 1 atom stereocenters. The van der Waals surface area contributed by atoms with Gasteiger partial charge in [0.05, 0.1) is 0 Å². The van der Waals surface area contributed by atoms with E-state index >= 15 is 0 Å². The molecule has 1 saturated heterocycles. The van der Waals surface area contributed by atoms with Crippen molar-refractivity contribution in [1.29, 1.82) is 0 Å². The molecule has 1 saturated carbocycles. The molecular weight excluding hydrogens is 172 g/mol. The van der Waals surface area contributed by atoms with Crippen LogP contribution in [0, 0.1) is 0 Å². The maximum atomic E-state index is 3.83. The van der Waals surface area contributed by atoms with E-state index in [2.05, 4.69) is 16.8 Å². The smallest absolute Gasteiger partial charge is 0.0163 e. The zero-order chi connectivity index (χ0) is 9.80. The molecule has 2 fully saturated rings. The van der Waals surface area contributed by atoms with Crippen LogP contribution in [0.15, 0.2) is 12.7 Å². The van der Waals surface area contributed by atoms with Gasteiger partial charge in [0.2, 0.25) is 0 Å². The summed E-state index contributed by atoms with van der Waals surface area (Å²) in [5.74, 6) is 0. The van der Waals surface area contributed by atoms with E-state index in [9.17, 15) is 0 Å². The summed E-state index contributed by atoms with van der Waals surface area (Å²) in [6, 6.07) is 1.68. The van der Waals surface area contributed by atoms with Crippen molar-refractivity contribution in [2.75, 3.05) is 19.6 Å². The first-order valence-electron chi connectivity index (χ1n) is 5.98. The van der Waals surface area contributed by atoms with Gasteiger partial charge < -0.3 is 5.32 Å². The highest BCUT2D eigenvalue weighted by atomic mass is 15.2. The molecule has 80 valence electrons. The van der Waals surface area contributed by atoms with Crippen LogP contribution in [0.2, 0.25) is 0 Å². The van der Waals surface area contributed by atoms with Crippen LogP contribution in [0.5, 0.6) is 0 Å². The zero-order valence-corrected chi connectivity index (χ0v) is 9.04. The van der Waals surface area contributed by atoms with Gasteiger partial charge in [-0.05, 0) is 38.6 Å². The third kappa shape index (κ3) is 2.82. The van der Waals surface area contributed by atoms with Crippen LogP contribution >= 0.6 is 0 Å². The Balaban J connectivity index is 1.67. The quantitative estimate of drug-likeness (QED) is 0.648. The van der Waals surface area contributed by atoms with E-state index < -0.39 is 0 Å². The van der Waals surface area contributed by atoms with Gasteiger partial charge in [-0.3, -0.25) is 4.90 Å². The molecule has 1 aliphatic carbocycles. The predicted molar refractivity (Wildman–Crippen MR) is 60.4 cm³/mol. The van der Waals surface area contributed by atoms with Gasteiger partial charge in [0, 0.05) is 25.2 Å². The van der Waals surface area contributed by atoms with Gasteiger partial charge in [0.25, 0.3) is 0 Å². The van der Waals surface area contributed by atoms with Gasteiger partial charge in [-0.15, -0.1) is 6.58 Å². The summed E-state index contributed by atoms with van der Waals surface area (Å²) in [4.78, 5) is 2.59. The van der Waals surface area contributed by atoms with Crippen LogP contribution in [-0.4, -0.2) is 36.6 Å². The number of nitrogens with zero attached hydrogens (tertiary/aromatic N) is 1. The Hall–Kier alpha value is -0.340. The molecule has 2 nitrogen and oxygen atoms in total. The Bertz CT molecular complexity index is 181. The highest BCUT2D eigenvalue weighted by molar-refractivity contribution is 4.89. The lowest BCUT2D eigenvalue weighted by atomic mass is 10.1. The molecule has 1 aliphatic heterocycles. The lowest BCUT2D eigenvalue weighted by Gasteiger charge is -2.22. The Labute approximate surface area is 87.4 Å². The van der Waals surface area contributed by atoms with Crippen LogP contribution in [0.4, 0.5) is 0 Å².